The van der Waals surface area contributed by atoms with E-state index >= 15 is 0 Å². The number of carboxylic acid groups (broad SMARTS) is 1. The van der Waals surface area contributed by atoms with Gasteiger partial charge in [0.15, 0.2) is 5.82 Å². The molecule has 0 radical (unpaired) electrons. The zero-order valence-electron chi connectivity index (χ0n) is 11.4. The molecule has 2 rings (SSSR count). The number of hydrogen-bond acceptors (Lipinski definition) is 4. The average Bonchev–Trinajstić information content (AvgIpc) is 2.99. The van der Waals surface area contributed by atoms with Crippen LogP contribution in [0.1, 0.15) is 25.1 Å². The zero-order valence-corrected chi connectivity index (χ0v) is 11.4. The Morgan fingerprint density at radius 2 is 2.30 bits per heavy atom. The third-order valence-corrected chi connectivity index (χ3v) is 3.40. The summed E-state index contributed by atoms with van der Waals surface area (Å²) in [6, 6.07) is -0.318. The van der Waals surface area contributed by atoms with Crippen molar-refractivity contribution in [2.75, 3.05) is 6.54 Å². The quantitative estimate of drug-likeness (QED) is 0.699. The number of rotatable bonds is 5. The molecule has 0 aliphatic heterocycles. The van der Waals surface area contributed by atoms with E-state index in [1.54, 1.807) is 18.1 Å². The molecule has 1 heterocycles. The van der Waals surface area contributed by atoms with E-state index < -0.39 is 5.97 Å². The first-order valence-corrected chi connectivity index (χ1v) is 6.66. The van der Waals surface area contributed by atoms with Crippen molar-refractivity contribution >= 4 is 12.0 Å². The minimum atomic E-state index is -0.782. The number of aliphatic carboxylic acids is 1. The third-order valence-electron chi connectivity index (χ3n) is 3.40. The van der Waals surface area contributed by atoms with Gasteiger partial charge in [0, 0.05) is 26.1 Å². The van der Waals surface area contributed by atoms with E-state index in [1.807, 2.05) is 0 Å². The topological polar surface area (TPSA) is 109 Å². The Hall–Kier alpha value is -2.12. The summed E-state index contributed by atoms with van der Waals surface area (Å²) < 4.78 is 1.61. The van der Waals surface area contributed by atoms with E-state index in [0.29, 0.717) is 38.1 Å². The number of carboxylic acids is 1. The highest BCUT2D eigenvalue weighted by molar-refractivity contribution is 5.75. The van der Waals surface area contributed by atoms with Gasteiger partial charge in [-0.3, -0.25) is 9.48 Å². The summed E-state index contributed by atoms with van der Waals surface area (Å²) in [4.78, 5) is 26.5. The highest BCUT2D eigenvalue weighted by Crippen LogP contribution is 2.25. The maximum Gasteiger partial charge on any atom is 0.315 e. The lowest BCUT2D eigenvalue weighted by Crippen LogP contribution is -2.42. The van der Waals surface area contributed by atoms with Gasteiger partial charge in [-0.1, -0.05) is 0 Å². The summed E-state index contributed by atoms with van der Waals surface area (Å²) in [6.45, 7) is 0.449. The van der Waals surface area contributed by atoms with Crippen LogP contribution in [0, 0.1) is 5.92 Å². The van der Waals surface area contributed by atoms with Gasteiger partial charge in [0.2, 0.25) is 0 Å². The standard InChI is InChI=1S/C12H19N5O3/c1-17-7-14-10(16-17)4-5-13-12(20)15-9-3-2-8(6-9)11(18)19/h7-9H,2-6H2,1H3,(H,18,19)(H2,13,15,20)/t8-,9+/m1/s1. The highest BCUT2D eigenvalue weighted by Gasteiger charge is 2.30. The van der Waals surface area contributed by atoms with E-state index in [9.17, 15) is 9.59 Å². The summed E-state index contributed by atoms with van der Waals surface area (Å²) in [5.41, 5.74) is 0. The van der Waals surface area contributed by atoms with E-state index in [2.05, 4.69) is 20.7 Å². The zero-order chi connectivity index (χ0) is 14.5. The Morgan fingerprint density at radius 1 is 1.50 bits per heavy atom. The molecule has 110 valence electrons. The van der Waals surface area contributed by atoms with Gasteiger partial charge < -0.3 is 15.7 Å². The predicted octanol–water partition coefficient (Wildman–Crippen LogP) is -0.0899. The highest BCUT2D eigenvalue weighted by atomic mass is 16.4. The first-order chi connectivity index (χ1) is 9.54. The van der Waals surface area contributed by atoms with Crippen LogP contribution in [0.4, 0.5) is 4.79 Å². The Labute approximate surface area is 116 Å². The number of aromatic nitrogens is 3. The maximum atomic E-state index is 11.7. The molecule has 0 spiro atoms. The number of aryl methyl sites for hydroxylation is 1. The van der Waals surface area contributed by atoms with Crippen molar-refractivity contribution in [3.05, 3.63) is 12.2 Å². The van der Waals surface area contributed by atoms with Crippen LogP contribution in [0.5, 0.6) is 0 Å². The molecule has 0 saturated heterocycles. The largest absolute Gasteiger partial charge is 0.481 e. The van der Waals surface area contributed by atoms with Crippen LogP contribution in [-0.4, -0.2) is 44.5 Å². The minimum Gasteiger partial charge on any atom is -0.481 e. The van der Waals surface area contributed by atoms with Crippen LogP contribution in [-0.2, 0) is 18.3 Å². The molecule has 1 saturated carbocycles. The summed E-state index contributed by atoms with van der Waals surface area (Å²) in [5, 5.41) is 18.5. The minimum absolute atomic E-state index is 0.0518. The van der Waals surface area contributed by atoms with Crippen molar-refractivity contribution in [2.24, 2.45) is 13.0 Å². The van der Waals surface area contributed by atoms with E-state index in [1.165, 1.54) is 0 Å². The molecular weight excluding hydrogens is 262 g/mol. The van der Waals surface area contributed by atoms with Gasteiger partial charge in [-0.2, -0.15) is 5.10 Å². The molecule has 0 bridgehead atoms. The summed E-state index contributed by atoms with van der Waals surface area (Å²) in [7, 11) is 1.79. The summed E-state index contributed by atoms with van der Waals surface area (Å²) >= 11 is 0. The van der Waals surface area contributed by atoms with Crippen LogP contribution in [0.2, 0.25) is 0 Å². The summed E-state index contributed by atoms with van der Waals surface area (Å²) in [6.07, 6.45) is 4.02. The van der Waals surface area contributed by atoms with Crippen LogP contribution in [0.25, 0.3) is 0 Å². The number of carbonyl (C=O) groups is 2. The van der Waals surface area contributed by atoms with Gasteiger partial charge in [-0.05, 0) is 19.3 Å². The number of hydrogen-bond donors (Lipinski definition) is 3. The molecule has 1 aromatic heterocycles. The Morgan fingerprint density at radius 3 is 2.90 bits per heavy atom. The summed E-state index contributed by atoms with van der Waals surface area (Å²) in [5.74, 6) is -0.437. The fraction of sp³-hybridized carbons (Fsp3) is 0.667. The van der Waals surface area contributed by atoms with E-state index in [0.717, 1.165) is 0 Å². The number of carbonyl (C=O) groups excluding carboxylic acids is 1. The Balaban J connectivity index is 1.65. The number of amides is 2. The first-order valence-electron chi connectivity index (χ1n) is 6.66. The number of urea groups is 1. The van der Waals surface area contributed by atoms with Crippen molar-refractivity contribution in [3.8, 4) is 0 Å². The fourth-order valence-electron chi connectivity index (χ4n) is 2.36. The average molecular weight is 281 g/mol. The van der Waals surface area contributed by atoms with Gasteiger partial charge in [0.05, 0.1) is 5.92 Å². The molecule has 1 fully saturated rings. The van der Waals surface area contributed by atoms with Crippen LogP contribution in [0.3, 0.4) is 0 Å². The van der Waals surface area contributed by atoms with Gasteiger partial charge in [-0.25, -0.2) is 9.78 Å². The van der Waals surface area contributed by atoms with Crippen molar-refractivity contribution in [1.82, 2.24) is 25.4 Å². The van der Waals surface area contributed by atoms with Crippen molar-refractivity contribution < 1.29 is 14.7 Å². The molecular formula is C12H19N5O3. The van der Waals surface area contributed by atoms with Crippen LogP contribution in [0.15, 0.2) is 6.33 Å². The van der Waals surface area contributed by atoms with Gasteiger partial charge in [-0.15, -0.1) is 0 Å². The predicted molar refractivity (Wildman–Crippen MR) is 70.0 cm³/mol. The van der Waals surface area contributed by atoms with E-state index in [-0.39, 0.29) is 18.0 Å². The van der Waals surface area contributed by atoms with Crippen molar-refractivity contribution in [1.29, 1.82) is 0 Å². The lowest BCUT2D eigenvalue weighted by molar-refractivity contribution is -0.141. The SMILES string of the molecule is Cn1cnc(CCNC(=O)N[C@H]2CC[C@@H](C(=O)O)C2)n1. The smallest absolute Gasteiger partial charge is 0.315 e. The van der Waals surface area contributed by atoms with Crippen LogP contribution >= 0.6 is 0 Å². The van der Waals surface area contributed by atoms with Gasteiger partial charge >= 0.3 is 12.0 Å². The lowest BCUT2D eigenvalue weighted by atomic mass is 10.1. The second kappa shape index (κ2) is 6.36. The lowest BCUT2D eigenvalue weighted by Gasteiger charge is -2.13. The third kappa shape index (κ3) is 3.94. The molecule has 3 N–H and O–H groups in total. The molecule has 8 heteroatoms. The Bertz CT molecular complexity index is 487. The number of nitrogens with one attached hydrogen (secondary N) is 2. The van der Waals surface area contributed by atoms with Crippen LogP contribution < -0.4 is 10.6 Å². The van der Waals surface area contributed by atoms with Crippen molar-refractivity contribution in [3.63, 3.8) is 0 Å². The molecule has 1 aliphatic rings. The second-order valence-electron chi connectivity index (χ2n) is 5.03. The molecule has 8 nitrogen and oxygen atoms in total. The molecule has 2 amide bonds. The van der Waals surface area contributed by atoms with Gasteiger partial charge in [0.25, 0.3) is 0 Å². The van der Waals surface area contributed by atoms with E-state index in [4.69, 9.17) is 5.11 Å². The molecule has 20 heavy (non-hydrogen) atoms. The van der Waals surface area contributed by atoms with Gasteiger partial charge in [0.1, 0.15) is 6.33 Å². The normalized spacial score (nSPS) is 21.6. The molecule has 0 unspecified atom stereocenters. The maximum absolute atomic E-state index is 11.7. The second-order valence-corrected chi connectivity index (χ2v) is 5.03. The van der Waals surface area contributed by atoms with Crippen molar-refractivity contribution in [2.45, 2.75) is 31.7 Å². The number of nitrogens with zero attached hydrogens (tertiary/aromatic N) is 3. The first kappa shape index (κ1) is 14.3. The Kier molecular flexibility index (Phi) is 4.54. The fourth-order valence-corrected chi connectivity index (χ4v) is 2.36. The molecule has 2 atom stereocenters. The molecule has 0 aromatic carbocycles. The molecule has 1 aromatic rings. The molecule has 1 aliphatic carbocycles. The monoisotopic (exact) mass is 281 g/mol.